The minimum atomic E-state index is -1.53. The number of aliphatic imine (C=N–C) groups is 1. The molecule has 0 bridgehead atoms. The Morgan fingerprint density at radius 1 is 1.71 bits per heavy atom. The quantitative estimate of drug-likeness (QED) is 0.257. The summed E-state index contributed by atoms with van der Waals surface area (Å²) in [7, 11) is 0. The highest BCUT2D eigenvalue weighted by molar-refractivity contribution is 5.32. The number of hydrogen-bond acceptors (Lipinski definition) is 4. The highest BCUT2D eigenvalue weighted by Gasteiger charge is 1.89. The van der Waals surface area contributed by atoms with E-state index >= 15 is 0 Å². The molecule has 0 radical (unpaired) electrons. The van der Waals surface area contributed by atoms with Crippen LogP contribution in [0, 0.1) is 0 Å². The SMILES string of the molecule is O=C=NCC(O)O. The van der Waals surface area contributed by atoms with Crippen molar-refractivity contribution >= 4 is 6.08 Å². The molecule has 40 valence electrons. The summed E-state index contributed by atoms with van der Waals surface area (Å²) in [6.45, 7) is -0.288. The standard InChI is InChI=1S/C3H5NO3/c5-2-4-1-3(6)7/h3,6-7H,1H2. The van der Waals surface area contributed by atoms with Gasteiger partial charge in [0.15, 0.2) is 6.29 Å². The third kappa shape index (κ3) is 5.30. The first-order valence-corrected chi connectivity index (χ1v) is 1.67. The summed E-state index contributed by atoms with van der Waals surface area (Å²) >= 11 is 0. The van der Waals surface area contributed by atoms with Crippen LogP contribution in [0.3, 0.4) is 0 Å². The zero-order valence-electron chi connectivity index (χ0n) is 3.53. The van der Waals surface area contributed by atoms with Crippen LogP contribution >= 0.6 is 0 Å². The molecule has 0 atom stereocenters. The lowest BCUT2D eigenvalue weighted by Gasteiger charge is -1.90. The van der Waals surface area contributed by atoms with Crippen LogP contribution in [0.25, 0.3) is 0 Å². The van der Waals surface area contributed by atoms with Crippen molar-refractivity contribution in [2.75, 3.05) is 6.54 Å². The van der Waals surface area contributed by atoms with Gasteiger partial charge in [0.25, 0.3) is 0 Å². The molecule has 7 heavy (non-hydrogen) atoms. The molecule has 0 rings (SSSR count). The minimum absolute atomic E-state index is 0.288. The van der Waals surface area contributed by atoms with E-state index in [1.165, 1.54) is 0 Å². The van der Waals surface area contributed by atoms with Crippen LogP contribution < -0.4 is 0 Å². The average molecular weight is 103 g/mol. The van der Waals surface area contributed by atoms with Crippen LogP contribution in [0.4, 0.5) is 0 Å². The van der Waals surface area contributed by atoms with Gasteiger partial charge in [0.2, 0.25) is 6.08 Å². The number of hydrogen-bond donors (Lipinski definition) is 2. The van der Waals surface area contributed by atoms with Gasteiger partial charge < -0.3 is 10.2 Å². The third-order valence-corrected chi connectivity index (χ3v) is 0.319. The van der Waals surface area contributed by atoms with E-state index in [1.807, 2.05) is 0 Å². The van der Waals surface area contributed by atoms with Gasteiger partial charge in [-0.05, 0) is 0 Å². The Labute approximate surface area is 40.1 Å². The van der Waals surface area contributed by atoms with Gasteiger partial charge in [-0.2, -0.15) is 0 Å². The van der Waals surface area contributed by atoms with Crippen molar-refractivity contribution in [2.24, 2.45) is 4.99 Å². The Morgan fingerprint density at radius 2 is 2.29 bits per heavy atom. The summed E-state index contributed by atoms with van der Waals surface area (Å²) in [6.07, 6.45) is -0.372. The number of aliphatic hydroxyl groups is 2. The van der Waals surface area contributed by atoms with Crippen LogP contribution in [0.1, 0.15) is 0 Å². The first kappa shape index (κ1) is 6.30. The van der Waals surface area contributed by atoms with Crippen molar-refractivity contribution in [1.29, 1.82) is 0 Å². The zero-order valence-corrected chi connectivity index (χ0v) is 3.53. The van der Waals surface area contributed by atoms with E-state index in [4.69, 9.17) is 10.2 Å². The number of isocyanates is 1. The normalized spacial score (nSPS) is 8.43. The summed E-state index contributed by atoms with van der Waals surface area (Å²) in [6, 6.07) is 0. The van der Waals surface area contributed by atoms with Gasteiger partial charge in [0.05, 0.1) is 0 Å². The van der Waals surface area contributed by atoms with Crippen LogP contribution in [-0.4, -0.2) is 29.1 Å². The molecule has 0 heterocycles. The Balaban J connectivity index is 3.13. The van der Waals surface area contributed by atoms with E-state index in [-0.39, 0.29) is 6.54 Å². The van der Waals surface area contributed by atoms with Crippen molar-refractivity contribution in [2.45, 2.75) is 6.29 Å². The fourth-order valence-electron chi connectivity index (χ4n) is 0.119. The van der Waals surface area contributed by atoms with Gasteiger partial charge in [-0.3, -0.25) is 0 Å². The number of aliphatic hydroxyl groups excluding tert-OH is 1. The van der Waals surface area contributed by atoms with Crippen LogP contribution in [0.15, 0.2) is 4.99 Å². The van der Waals surface area contributed by atoms with E-state index in [9.17, 15) is 4.79 Å². The largest absolute Gasteiger partial charge is 0.366 e. The lowest BCUT2D eigenvalue weighted by atomic mass is 10.7. The summed E-state index contributed by atoms with van der Waals surface area (Å²) in [5.74, 6) is 0. The monoisotopic (exact) mass is 103 g/mol. The molecule has 0 aromatic rings. The minimum Gasteiger partial charge on any atom is -0.366 e. The molecule has 0 aliphatic heterocycles. The molecule has 0 spiro atoms. The molecule has 0 fully saturated rings. The first-order chi connectivity index (χ1) is 3.27. The van der Waals surface area contributed by atoms with E-state index in [0.717, 1.165) is 6.08 Å². The summed E-state index contributed by atoms with van der Waals surface area (Å²) in [4.78, 5) is 12.1. The predicted octanol–water partition coefficient (Wildman–Crippen LogP) is -1.37. The molecule has 0 unspecified atom stereocenters. The number of carbonyl (C=O) groups excluding carboxylic acids is 1. The highest BCUT2D eigenvalue weighted by Crippen LogP contribution is 1.71. The molecule has 0 saturated carbocycles. The molecule has 0 amide bonds. The Morgan fingerprint density at radius 3 is 2.43 bits per heavy atom. The summed E-state index contributed by atoms with van der Waals surface area (Å²) in [5.41, 5.74) is 0. The summed E-state index contributed by atoms with van der Waals surface area (Å²) < 4.78 is 0. The van der Waals surface area contributed by atoms with Crippen molar-refractivity contribution in [3.05, 3.63) is 0 Å². The highest BCUT2D eigenvalue weighted by atomic mass is 16.5. The van der Waals surface area contributed by atoms with E-state index in [1.54, 1.807) is 0 Å². The molecule has 0 aromatic carbocycles. The second kappa shape index (κ2) is 3.49. The lowest BCUT2D eigenvalue weighted by Crippen LogP contribution is -2.07. The Bertz CT molecular complexity index is 84.2. The smallest absolute Gasteiger partial charge is 0.235 e. The molecule has 0 aromatic heterocycles. The molecule has 0 aliphatic carbocycles. The Hall–Kier alpha value is -0.700. The summed E-state index contributed by atoms with van der Waals surface area (Å²) in [5, 5.41) is 15.9. The van der Waals surface area contributed by atoms with E-state index in [2.05, 4.69) is 4.99 Å². The van der Waals surface area contributed by atoms with E-state index < -0.39 is 6.29 Å². The lowest BCUT2D eigenvalue weighted by molar-refractivity contribution is -0.0304. The number of nitrogens with zero attached hydrogens (tertiary/aromatic N) is 1. The third-order valence-electron chi connectivity index (χ3n) is 0.319. The van der Waals surface area contributed by atoms with Crippen LogP contribution in [0.2, 0.25) is 0 Å². The topological polar surface area (TPSA) is 69.9 Å². The van der Waals surface area contributed by atoms with Gasteiger partial charge in [-0.25, -0.2) is 9.79 Å². The molecule has 4 nitrogen and oxygen atoms in total. The molecular formula is C3H5NO3. The fraction of sp³-hybridized carbons (Fsp3) is 0.667. The zero-order chi connectivity index (χ0) is 5.70. The van der Waals surface area contributed by atoms with Gasteiger partial charge in [0.1, 0.15) is 6.54 Å². The second-order valence-corrected chi connectivity index (χ2v) is 0.913. The molecule has 0 saturated heterocycles. The first-order valence-electron chi connectivity index (χ1n) is 1.67. The molecule has 0 aliphatic rings. The van der Waals surface area contributed by atoms with Gasteiger partial charge in [-0.15, -0.1) is 0 Å². The fourth-order valence-corrected chi connectivity index (χ4v) is 0.119. The van der Waals surface area contributed by atoms with Gasteiger partial charge >= 0.3 is 0 Å². The maximum absolute atomic E-state index is 9.20. The second-order valence-electron chi connectivity index (χ2n) is 0.913. The maximum Gasteiger partial charge on any atom is 0.235 e. The molecule has 4 heteroatoms. The van der Waals surface area contributed by atoms with Crippen molar-refractivity contribution in [1.82, 2.24) is 0 Å². The van der Waals surface area contributed by atoms with Gasteiger partial charge in [-0.1, -0.05) is 0 Å². The maximum atomic E-state index is 9.20. The predicted molar refractivity (Wildman–Crippen MR) is 21.2 cm³/mol. The van der Waals surface area contributed by atoms with Crippen molar-refractivity contribution < 1.29 is 15.0 Å². The number of rotatable bonds is 2. The van der Waals surface area contributed by atoms with Crippen LogP contribution in [0.5, 0.6) is 0 Å². The van der Waals surface area contributed by atoms with E-state index in [0.29, 0.717) is 0 Å². The molecular weight excluding hydrogens is 98.0 g/mol. The average Bonchev–Trinajstić information content (AvgIpc) is 1.61. The Kier molecular flexibility index (Phi) is 3.14. The van der Waals surface area contributed by atoms with Gasteiger partial charge in [0, 0.05) is 0 Å². The van der Waals surface area contributed by atoms with Crippen LogP contribution in [-0.2, 0) is 4.79 Å². The molecule has 2 N–H and O–H groups in total. The van der Waals surface area contributed by atoms with Crippen molar-refractivity contribution in [3.63, 3.8) is 0 Å². The van der Waals surface area contributed by atoms with Crippen molar-refractivity contribution in [3.8, 4) is 0 Å².